The molecule has 1 aliphatic heterocycles. The van der Waals surface area contributed by atoms with Crippen molar-refractivity contribution in [2.75, 3.05) is 62.5 Å². The van der Waals surface area contributed by atoms with Crippen LogP contribution in [0.25, 0.3) is 0 Å². The van der Waals surface area contributed by atoms with Gasteiger partial charge in [0.25, 0.3) is 0 Å². The van der Waals surface area contributed by atoms with Crippen LogP contribution in [0.5, 0.6) is 40.2 Å². The van der Waals surface area contributed by atoms with E-state index >= 15 is 0 Å². The third-order valence-electron chi connectivity index (χ3n) is 7.42. The highest BCUT2D eigenvalue weighted by atomic mass is 16.5. The van der Waals surface area contributed by atoms with Crippen molar-refractivity contribution in [1.29, 1.82) is 0 Å². The van der Waals surface area contributed by atoms with E-state index in [1.54, 1.807) is 42.7 Å². The highest BCUT2D eigenvalue weighted by molar-refractivity contribution is 5.56. The summed E-state index contributed by atoms with van der Waals surface area (Å²) in [5.41, 5.74) is 3.38. The maximum atomic E-state index is 6.13. The summed E-state index contributed by atoms with van der Waals surface area (Å²) in [7, 11) is 9.81. The average Bonchev–Trinajstić information content (AvgIpc) is 3.42. The third-order valence-corrected chi connectivity index (χ3v) is 7.42. The molecule has 0 N–H and O–H groups in total. The summed E-state index contributed by atoms with van der Waals surface area (Å²) in [6.45, 7) is 1.94. The molecule has 0 radical (unpaired) electrons. The van der Waals surface area contributed by atoms with E-state index in [1.807, 2.05) is 24.3 Å². The van der Waals surface area contributed by atoms with Crippen LogP contribution in [-0.4, -0.2) is 62.5 Å². The Hall–Kier alpha value is -3.78. The van der Waals surface area contributed by atoms with Gasteiger partial charge in [-0.3, -0.25) is 0 Å². The predicted octanol–water partition coefficient (Wildman–Crippen LogP) is 5.41. The van der Waals surface area contributed by atoms with Crippen LogP contribution in [0.2, 0.25) is 0 Å². The molecule has 3 aromatic rings. The first-order valence-electron chi connectivity index (χ1n) is 13.4. The van der Waals surface area contributed by atoms with E-state index in [9.17, 15) is 0 Å². The topological polar surface area (TPSA) is 73.8 Å². The van der Waals surface area contributed by atoms with Crippen LogP contribution in [0.4, 0.5) is 0 Å². The van der Waals surface area contributed by atoms with Crippen molar-refractivity contribution >= 4 is 0 Å². The lowest BCUT2D eigenvalue weighted by atomic mass is 9.85. The van der Waals surface area contributed by atoms with Crippen LogP contribution in [-0.2, 0) is 24.0 Å². The van der Waals surface area contributed by atoms with E-state index in [-0.39, 0.29) is 0 Å². The van der Waals surface area contributed by atoms with Gasteiger partial charge in [0.15, 0.2) is 34.5 Å². The highest BCUT2D eigenvalue weighted by Crippen LogP contribution is 2.40. The van der Waals surface area contributed by atoms with Crippen LogP contribution in [0.3, 0.4) is 0 Å². The molecule has 1 heterocycles. The van der Waals surface area contributed by atoms with Crippen molar-refractivity contribution in [3.05, 3.63) is 65.2 Å². The van der Waals surface area contributed by atoms with Crippen LogP contribution in [0.15, 0.2) is 48.5 Å². The van der Waals surface area contributed by atoms with Gasteiger partial charge in [-0.15, -0.1) is 0 Å². The van der Waals surface area contributed by atoms with E-state index in [0.717, 1.165) is 43.1 Å². The van der Waals surface area contributed by atoms with Gasteiger partial charge in [-0.05, 0) is 66.1 Å². The quantitative estimate of drug-likeness (QED) is 0.263. The third kappa shape index (κ3) is 6.67. The lowest BCUT2D eigenvalue weighted by Gasteiger charge is -2.19. The zero-order valence-corrected chi connectivity index (χ0v) is 24.3. The van der Waals surface area contributed by atoms with Gasteiger partial charge >= 0.3 is 0 Å². The summed E-state index contributed by atoms with van der Waals surface area (Å²) < 4.78 is 45.1. The highest BCUT2D eigenvalue weighted by Gasteiger charge is 2.29. The number of hydrogen-bond donors (Lipinski definition) is 0. The summed E-state index contributed by atoms with van der Waals surface area (Å²) >= 11 is 0. The summed E-state index contributed by atoms with van der Waals surface area (Å²) in [6, 6.07) is 16.1. The Kier molecular flexibility index (Phi) is 10.2. The Labute approximate surface area is 237 Å². The minimum Gasteiger partial charge on any atom is -0.493 e. The molecule has 0 amide bonds. The minimum atomic E-state index is 0.405. The SMILES string of the molecule is COc1ccc(C[C@H]2COC[C@@H]2Cc2ccc(OCCc3ccc(OC)c(OC)c3OC)c(OC)c2)cc1OC. The van der Waals surface area contributed by atoms with Gasteiger partial charge < -0.3 is 37.9 Å². The molecule has 216 valence electrons. The maximum absolute atomic E-state index is 6.13. The van der Waals surface area contributed by atoms with E-state index in [1.165, 1.54) is 11.1 Å². The Morgan fingerprint density at radius 3 is 1.65 bits per heavy atom. The summed E-state index contributed by atoms with van der Waals surface area (Å²) in [6.07, 6.45) is 2.45. The summed E-state index contributed by atoms with van der Waals surface area (Å²) in [4.78, 5) is 0. The van der Waals surface area contributed by atoms with Crippen LogP contribution in [0.1, 0.15) is 16.7 Å². The molecule has 8 heteroatoms. The second-order valence-electron chi connectivity index (χ2n) is 9.73. The number of ether oxygens (including phenoxy) is 8. The molecule has 1 aliphatic rings. The molecule has 4 rings (SSSR count). The van der Waals surface area contributed by atoms with Crippen LogP contribution >= 0.6 is 0 Å². The number of benzene rings is 3. The molecular weight excluding hydrogens is 512 g/mol. The lowest BCUT2D eigenvalue weighted by Crippen LogP contribution is -2.17. The van der Waals surface area contributed by atoms with Gasteiger partial charge in [0, 0.05) is 12.0 Å². The second kappa shape index (κ2) is 14.0. The molecule has 8 nitrogen and oxygen atoms in total. The molecule has 3 aromatic carbocycles. The van der Waals surface area contributed by atoms with E-state index < -0.39 is 0 Å². The number of methoxy groups -OCH3 is 6. The van der Waals surface area contributed by atoms with Gasteiger partial charge in [-0.25, -0.2) is 0 Å². The minimum absolute atomic E-state index is 0.405. The molecule has 1 fully saturated rings. The largest absolute Gasteiger partial charge is 0.493 e. The molecule has 0 spiro atoms. The van der Waals surface area contributed by atoms with Gasteiger partial charge in [0.05, 0.1) is 62.5 Å². The normalized spacial score (nSPS) is 16.4. The first-order valence-corrected chi connectivity index (χ1v) is 13.4. The Balaban J connectivity index is 1.39. The fraction of sp³-hybridized carbons (Fsp3) is 0.438. The molecular formula is C32H40O8. The van der Waals surface area contributed by atoms with Gasteiger partial charge in [-0.2, -0.15) is 0 Å². The molecule has 0 saturated carbocycles. The van der Waals surface area contributed by atoms with Crippen molar-refractivity contribution in [2.45, 2.75) is 19.3 Å². The Bertz CT molecular complexity index is 1260. The first-order chi connectivity index (χ1) is 19.5. The van der Waals surface area contributed by atoms with Crippen molar-refractivity contribution in [1.82, 2.24) is 0 Å². The van der Waals surface area contributed by atoms with E-state index in [2.05, 4.69) is 24.3 Å². The zero-order chi connectivity index (χ0) is 28.5. The number of rotatable bonds is 14. The van der Waals surface area contributed by atoms with Crippen molar-refractivity contribution in [3.63, 3.8) is 0 Å². The fourth-order valence-electron chi connectivity index (χ4n) is 5.30. The second-order valence-corrected chi connectivity index (χ2v) is 9.73. The monoisotopic (exact) mass is 552 g/mol. The van der Waals surface area contributed by atoms with Gasteiger partial charge in [-0.1, -0.05) is 18.2 Å². The molecule has 0 aromatic heterocycles. The predicted molar refractivity (Wildman–Crippen MR) is 153 cm³/mol. The summed E-state index contributed by atoms with van der Waals surface area (Å²) in [5.74, 6) is 5.57. The smallest absolute Gasteiger partial charge is 0.203 e. The lowest BCUT2D eigenvalue weighted by molar-refractivity contribution is 0.180. The molecule has 0 bridgehead atoms. The Morgan fingerprint density at radius 1 is 0.575 bits per heavy atom. The van der Waals surface area contributed by atoms with Crippen molar-refractivity contribution in [3.8, 4) is 40.2 Å². The Morgan fingerprint density at radius 2 is 1.10 bits per heavy atom. The zero-order valence-electron chi connectivity index (χ0n) is 24.3. The van der Waals surface area contributed by atoms with E-state index in [0.29, 0.717) is 53.6 Å². The van der Waals surface area contributed by atoms with Gasteiger partial charge in [0.1, 0.15) is 0 Å². The average molecular weight is 553 g/mol. The molecule has 2 atom stereocenters. The molecule has 0 aliphatic carbocycles. The fourth-order valence-corrected chi connectivity index (χ4v) is 5.30. The molecule has 1 saturated heterocycles. The number of hydrogen-bond acceptors (Lipinski definition) is 8. The summed E-state index contributed by atoms with van der Waals surface area (Å²) in [5, 5.41) is 0. The van der Waals surface area contributed by atoms with Crippen LogP contribution < -0.4 is 33.2 Å². The van der Waals surface area contributed by atoms with E-state index in [4.69, 9.17) is 37.9 Å². The van der Waals surface area contributed by atoms with Crippen molar-refractivity contribution < 1.29 is 37.9 Å². The van der Waals surface area contributed by atoms with Crippen molar-refractivity contribution in [2.24, 2.45) is 11.8 Å². The standard InChI is InChI=1S/C32H40O8/c1-33-26-10-7-21(17-29(26)35-3)15-24-19-39-20-25(24)16-22-8-11-27(30(18-22)36-4)40-14-13-23-9-12-28(34-2)32(38-6)31(23)37-5/h7-12,17-18,24-25H,13-16,19-20H2,1-6H3/t24-,25-/m0/s1. The van der Waals surface area contributed by atoms with Crippen LogP contribution in [0, 0.1) is 11.8 Å². The maximum Gasteiger partial charge on any atom is 0.203 e. The molecule has 40 heavy (non-hydrogen) atoms. The molecule has 0 unspecified atom stereocenters. The van der Waals surface area contributed by atoms with Gasteiger partial charge in [0.2, 0.25) is 5.75 Å². The first kappa shape index (κ1) is 29.2.